The standard InChI is InChI=1S/C8H10N2O4/c1-5(8(12)13)10(2)7(11)6-9-3-4-14-6/h3-5H,1-2H3,(H,12,13). The number of amides is 1. The Kier molecular flexibility index (Phi) is 2.85. The van der Waals surface area contributed by atoms with Crippen LogP contribution in [0.3, 0.4) is 0 Å². The molecule has 0 aromatic carbocycles. The topological polar surface area (TPSA) is 83.6 Å². The Labute approximate surface area is 80.1 Å². The molecule has 1 amide bonds. The molecular weight excluding hydrogens is 188 g/mol. The highest BCUT2D eigenvalue weighted by atomic mass is 16.4. The van der Waals surface area contributed by atoms with E-state index in [4.69, 9.17) is 9.52 Å². The lowest BCUT2D eigenvalue weighted by Crippen LogP contribution is -2.40. The van der Waals surface area contributed by atoms with Crippen LogP contribution in [0.5, 0.6) is 0 Å². The Morgan fingerprint density at radius 2 is 2.29 bits per heavy atom. The summed E-state index contributed by atoms with van der Waals surface area (Å²) in [6.07, 6.45) is 2.58. The van der Waals surface area contributed by atoms with Gasteiger partial charge in [-0.15, -0.1) is 0 Å². The summed E-state index contributed by atoms with van der Waals surface area (Å²) in [5.41, 5.74) is 0. The number of carbonyl (C=O) groups is 2. The van der Waals surface area contributed by atoms with Crippen LogP contribution in [-0.2, 0) is 4.79 Å². The SMILES string of the molecule is CC(C(=O)O)N(C)C(=O)c1ncco1. The Morgan fingerprint density at radius 3 is 2.71 bits per heavy atom. The zero-order valence-electron chi connectivity index (χ0n) is 7.80. The van der Waals surface area contributed by atoms with Crippen molar-refractivity contribution in [3.05, 3.63) is 18.4 Å². The van der Waals surface area contributed by atoms with Gasteiger partial charge < -0.3 is 14.4 Å². The molecule has 76 valence electrons. The van der Waals surface area contributed by atoms with E-state index in [2.05, 4.69) is 4.98 Å². The summed E-state index contributed by atoms with van der Waals surface area (Å²) >= 11 is 0. The third-order valence-electron chi connectivity index (χ3n) is 1.87. The van der Waals surface area contributed by atoms with Crippen molar-refractivity contribution in [2.45, 2.75) is 13.0 Å². The van der Waals surface area contributed by atoms with E-state index in [1.54, 1.807) is 0 Å². The molecule has 1 rings (SSSR count). The highest BCUT2D eigenvalue weighted by molar-refractivity contribution is 5.92. The maximum absolute atomic E-state index is 11.5. The average Bonchev–Trinajstić information content (AvgIpc) is 2.67. The van der Waals surface area contributed by atoms with Crippen LogP contribution < -0.4 is 0 Å². The first-order valence-electron chi connectivity index (χ1n) is 3.93. The third kappa shape index (κ3) is 1.90. The molecule has 0 saturated carbocycles. The number of likely N-dealkylation sites (N-methyl/N-ethyl adjacent to an activating group) is 1. The number of oxazole rings is 1. The number of carbonyl (C=O) groups excluding carboxylic acids is 1. The third-order valence-corrected chi connectivity index (χ3v) is 1.87. The van der Waals surface area contributed by atoms with Crippen molar-refractivity contribution in [1.29, 1.82) is 0 Å². The minimum absolute atomic E-state index is 0.111. The van der Waals surface area contributed by atoms with Crippen LogP contribution >= 0.6 is 0 Å². The molecule has 0 spiro atoms. The first kappa shape index (κ1) is 10.2. The molecule has 0 fully saturated rings. The fourth-order valence-electron chi connectivity index (χ4n) is 0.821. The summed E-state index contributed by atoms with van der Waals surface area (Å²) in [5.74, 6) is -1.74. The molecule has 1 heterocycles. The zero-order valence-corrected chi connectivity index (χ0v) is 7.80. The van der Waals surface area contributed by atoms with Crippen molar-refractivity contribution in [3.8, 4) is 0 Å². The maximum Gasteiger partial charge on any atom is 0.326 e. The van der Waals surface area contributed by atoms with E-state index in [9.17, 15) is 9.59 Å². The van der Waals surface area contributed by atoms with Crippen LogP contribution in [0.25, 0.3) is 0 Å². The zero-order chi connectivity index (χ0) is 10.7. The molecule has 1 N–H and O–H groups in total. The highest BCUT2D eigenvalue weighted by Crippen LogP contribution is 2.04. The molecule has 1 aromatic rings. The molecular formula is C8H10N2O4. The lowest BCUT2D eigenvalue weighted by Gasteiger charge is -2.19. The quantitative estimate of drug-likeness (QED) is 0.751. The Bertz CT molecular complexity index is 333. The van der Waals surface area contributed by atoms with Crippen LogP contribution in [0, 0.1) is 0 Å². The summed E-state index contributed by atoms with van der Waals surface area (Å²) in [4.78, 5) is 26.7. The fourth-order valence-corrected chi connectivity index (χ4v) is 0.821. The van der Waals surface area contributed by atoms with E-state index >= 15 is 0 Å². The van der Waals surface area contributed by atoms with Gasteiger partial charge in [-0.25, -0.2) is 9.78 Å². The van der Waals surface area contributed by atoms with Gasteiger partial charge in [0.05, 0.1) is 6.20 Å². The Balaban J connectivity index is 2.76. The summed E-state index contributed by atoms with van der Waals surface area (Å²) in [7, 11) is 1.38. The second kappa shape index (κ2) is 3.91. The molecule has 0 radical (unpaired) electrons. The predicted molar refractivity (Wildman–Crippen MR) is 45.7 cm³/mol. The number of rotatable bonds is 3. The minimum atomic E-state index is -1.08. The van der Waals surface area contributed by atoms with Crippen LogP contribution in [0.4, 0.5) is 0 Å². The van der Waals surface area contributed by atoms with Gasteiger partial charge in [-0.1, -0.05) is 0 Å². The first-order chi connectivity index (χ1) is 6.54. The van der Waals surface area contributed by atoms with E-state index in [0.29, 0.717) is 0 Å². The molecule has 6 heteroatoms. The summed E-state index contributed by atoms with van der Waals surface area (Å²) in [6.45, 7) is 1.41. The number of aliphatic carboxylic acids is 1. The van der Waals surface area contributed by atoms with Crippen molar-refractivity contribution in [2.75, 3.05) is 7.05 Å². The van der Waals surface area contributed by atoms with Gasteiger partial charge in [0.1, 0.15) is 12.3 Å². The lowest BCUT2D eigenvalue weighted by atomic mass is 10.3. The smallest absolute Gasteiger partial charge is 0.326 e. The molecule has 1 atom stereocenters. The monoisotopic (exact) mass is 198 g/mol. The molecule has 1 unspecified atom stereocenters. The van der Waals surface area contributed by atoms with Crippen LogP contribution in [0.1, 0.15) is 17.6 Å². The maximum atomic E-state index is 11.5. The number of nitrogens with zero attached hydrogens (tertiary/aromatic N) is 2. The van der Waals surface area contributed by atoms with Gasteiger partial charge in [-0.3, -0.25) is 4.79 Å². The Hall–Kier alpha value is -1.85. The largest absolute Gasteiger partial charge is 0.480 e. The van der Waals surface area contributed by atoms with Crippen molar-refractivity contribution in [3.63, 3.8) is 0 Å². The predicted octanol–water partition coefficient (Wildman–Crippen LogP) is 0.220. The van der Waals surface area contributed by atoms with E-state index in [1.165, 1.54) is 26.4 Å². The first-order valence-corrected chi connectivity index (χ1v) is 3.93. The van der Waals surface area contributed by atoms with Crippen molar-refractivity contribution >= 4 is 11.9 Å². The van der Waals surface area contributed by atoms with Gasteiger partial charge in [0, 0.05) is 7.05 Å². The van der Waals surface area contributed by atoms with E-state index in [-0.39, 0.29) is 5.89 Å². The number of aromatic nitrogens is 1. The van der Waals surface area contributed by atoms with Crippen molar-refractivity contribution in [1.82, 2.24) is 9.88 Å². The molecule has 0 bridgehead atoms. The van der Waals surface area contributed by atoms with Gasteiger partial charge >= 0.3 is 11.9 Å². The molecule has 0 aliphatic carbocycles. The van der Waals surface area contributed by atoms with Gasteiger partial charge in [0.25, 0.3) is 5.89 Å². The number of carboxylic acids is 1. The average molecular weight is 198 g/mol. The van der Waals surface area contributed by atoms with Gasteiger partial charge in [-0.05, 0) is 6.92 Å². The number of carboxylic acid groups (broad SMARTS) is 1. The number of hydrogen-bond acceptors (Lipinski definition) is 4. The molecule has 1 aromatic heterocycles. The second-order valence-electron chi connectivity index (χ2n) is 2.77. The summed E-state index contributed by atoms with van der Waals surface area (Å²) < 4.78 is 4.75. The summed E-state index contributed by atoms with van der Waals surface area (Å²) in [6, 6.07) is -0.908. The van der Waals surface area contributed by atoms with Crippen molar-refractivity contribution in [2.24, 2.45) is 0 Å². The molecule has 14 heavy (non-hydrogen) atoms. The van der Waals surface area contributed by atoms with Crippen molar-refractivity contribution < 1.29 is 19.1 Å². The van der Waals surface area contributed by atoms with Crippen LogP contribution in [-0.4, -0.2) is 40.0 Å². The normalized spacial score (nSPS) is 12.1. The second-order valence-corrected chi connectivity index (χ2v) is 2.77. The minimum Gasteiger partial charge on any atom is -0.480 e. The highest BCUT2D eigenvalue weighted by Gasteiger charge is 2.25. The molecule has 0 aliphatic heterocycles. The van der Waals surface area contributed by atoms with Gasteiger partial charge in [0.15, 0.2) is 0 Å². The van der Waals surface area contributed by atoms with Gasteiger partial charge in [-0.2, -0.15) is 0 Å². The molecule has 6 nitrogen and oxygen atoms in total. The van der Waals surface area contributed by atoms with Gasteiger partial charge in [0.2, 0.25) is 0 Å². The Morgan fingerprint density at radius 1 is 1.64 bits per heavy atom. The van der Waals surface area contributed by atoms with Crippen LogP contribution in [0.2, 0.25) is 0 Å². The number of hydrogen-bond donors (Lipinski definition) is 1. The van der Waals surface area contributed by atoms with E-state index in [0.717, 1.165) is 4.90 Å². The van der Waals surface area contributed by atoms with E-state index < -0.39 is 17.9 Å². The molecule has 0 aliphatic rings. The molecule has 0 saturated heterocycles. The summed E-state index contributed by atoms with van der Waals surface area (Å²) in [5, 5.41) is 8.65. The lowest BCUT2D eigenvalue weighted by molar-refractivity contribution is -0.141. The van der Waals surface area contributed by atoms with Crippen LogP contribution in [0.15, 0.2) is 16.9 Å². The fraction of sp³-hybridized carbons (Fsp3) is 0.375. The van der Waals surface area contributed by atoms with E-state index in [1.807, 2.05) is 0 Å².